The Bertz CT molecular complexity index is 554. The molecule has 0 amide bonds. The number of aliphatic hydroxyl groups excluding tert-OH is 1. The summed E-state index contributed by atoms with van der Waals surface area (Å²) in [5, 5.41) is 10.3. The summed E-state index contributed by atoms with van der Waals surface area (Å²) in [4.78, 5) is 2.23. The first-order valence-electron chi connectivity index (χ1n) is 6.88. The van der Waals surface area contributed by atoms with Gasteiger partial charge in [-0.05, 0) is 37.1 Å². The third kappa shape index (κ3) is 3.53. The lowest BCUT2D eigenvalue weighted by Gasteiger charge is -2.25. The van der Waals surface area contributed by atoms with Gasteiger partial charge < -0.3 is 10.0 Å². The molecule has 1 N–H and O–H groups in total. The second-order valence-corrected chi connectivity index (χ2v) is 5.29. The van der Waals surface area contributed by atoms with Crippen LogP contribution in [-0.2, 0) is 6.54 Å². The molecule has 2 rings (SSSR count). The maximum Gasteiger partial charge on any atom is 0.0762 e. The lowest BCUT2D eigenvalue weighted by atomic mass is 10.1. The molecule has 0 fully saturated rings. The van der Waals surface area contributed by atoms with Crippen LogP contribution in [0.4, 0.5) is 5.69 Å². The Labute approximate surface area is 125 Å². The van der Waals surface area contributed by atoms with Crippen LogP contribution in [0.5, 0.6) is 0 Å². The van der Waals surface area contributed by atoms with Gasteiger partial charge in [-0.15, -0.1) is 0 Å². The third-order valence-corrected chi connectivity index (χ3v) is 3.70. The number of anilines is 1. The van der Waals surface area contributed by atoms with E-state index in [1.165, 1.54) is 5.56 Å². The molecular weight excluding hydrogens is 270 g/mol. The van der Waals surface area contributed by atoms with Crippen LogP contribution in [0.3, 0.4) is 0 Å². The monoisotopic (exact) mass is 289 g/mol. The number of rotatable bonds is 5. The average molecular weight is 290 g/mol. The summed E-state index contributed by atoms with van der Waals surface area (Å²) in [5.74, 6) is 0. The van der Waals surface area contributed by atoms with E-state index in [1.807, 2.05) is 36.4 Å². The summed E-state index contributed by atoms with van der Waals surface area (Å²) in [6, 6.07) is 16.1. The molecule has 0 saturated carbocycles. The van der Waals surface area contributed by atoms with E-state index in [-0.39, 0.29) is 0 Å². The molecule has 0 aromatic heterocycles. The first-order valence-corrected chi connectivity index (χ1v) is 7.26. The van der Waals surface area contributed by atoms with E-state index in [9.17, 15) is 5.11 Å². The summed E-state index contributed by atoms with van der Waals surface area (Å²) in [6.45, 7) is 5.56. The SMILES string of the molecule is CCN(Cc1ccccc1)c1ccc([C@@H](C)O)cc1Cl. The summed E-state index contributed by atoms with van der Waals surface area (Å²) in [5.41, 5.74) is 3.10. The number of aliphatic hydroxyl groups is 1. The normalized spacial score (nSPS) is 12.2. The van der Waals surface area contributed by atoms with Crippen LogP contribution in [0.25, 0.3) is 0 Å². The van der Waals surface area contributed by atoms with Crippen molar-refractivity contribution >= 4 is 17.3 Å². The second-order valence-electron chi connectivity index (χ2n) is 4.89. The van der Waals surface area contributed by atoms with Crippen molar-refractivity contribution in [1.29, 1.82) is 0 Å². The highest BCUT2D eigenvalue weighted by Crippen LogP contribution is 2.30. The van der Waals surface area contributed by atoms with Crippen LogP contribution < -0.4 is 4.90 Å². The highest BCUT2D eigenvalue weighted by atomic mass is 35.5. The summed E-state index contributed by atoms with van der Waals surface area (Å²) >= 11 is 6.36. The minimum atomic E-state index is -0.495. The Hall–Kier alpha value is -1.51. The molecule has 0 aliphatic carbocycles. The van der Waals surface area contributed by atoms with Crippen molar-refractivity contribution in [3.05, 3.63) is 64.7 Å². The van der Waals surface area contributed by atoms with Crippen LogP contribution in [0.1, 0.15) is 31.1 Å². The Balaban J connectivity index is 2.23. The molecule has 3 heteroatoms. The summed E-state index contributed by atoms with van der Waals surface area (Å²) in [7, 11) is 0. The molecule has 2 nitrogen and oxygen atoms in total. The highest BCUT2D eigenvalue weighted by Gasteiger charge is 2.11. The van der Waals surface area contributed by atoms with Gasteiger partial charge in [-0.1, -0.05) is 48.0 Å². The van der Waals surface area contributed by atoms with E-state index in [0.717, 1.165) is 24.3 Å². The molecule has 20 heavy (non-hydrogen) atoms. The lowest BCUT2D eigenvalue weighted by Crippen LogP contribution is -2.22. The van der Waals surface area contributed by atoms with Crippen LogP contribution in [0.2, 0.25) is 5.02 Å². The molecule has 0 heterocycles. The van der Waals surface area contributed by atoms with Crippen molar-refractivity contribution < 1.29 is 5.11 Å². The van der Waals surface area contributed by atoms with Gasteiger partial charge in [0.2, 0.25) is 0 Å². The van der Waals surface area contributed by atoms with Gasteiger partial charge in [-0.3, -0.25) is 0 Å². The molecule has 0 radical (unpaired) electrons. The van der Waals surface area contributed by atoms with Gasteiger partial charge in [0, 0.05) is 13.1 Å². The Morgan fingerprint density at radius 2 is 1.85 bits per heavy atom. The number of halogens is 1. The fraction of sp³-hybridized carbons (Fsp3) is 0.294. The van der Waals surface area contributed by atoms with Gasteiger partial charge >= 0.3 is 0 Å². The Kier molecular flexibility index (Phi) is 5.05. The van der Waals surface area contributed by atoms with Crippen molar-refractivity contribution in [3.63, 3.8) is 0 Å². The lowest BCUT2D eigenvalue weighted by molar-refractivity contribution is 0.199. The van der Waals surface area contributed by atoms with Gasteiger partial charge in [0.1, 0.15) is 0 Å². The standard InChI is InChI=1S/C17H20ClNO/c1-3-19(12-14-7-5-4-6-8-14)17-10-9-15(13(2)20)11-16(17)18/h4-11,13,20H,3,12H2,1-2H3/t13-/m1/s1. The molecule has 2 aromatic carbocycles. The van der Waals surface area contributed by atoms with Crippen LogP contribution >= 0.6 is 11.6 Å². The zero-order chi connectivity index (χ0) is 14.5. The first kappa shape index (κ1) is 14.9. The predicted octanol–water partition coefficient (Wildman–Crippen LogP) is 4.42. The fourth-order valence-corrected chi connectivity index (χ4v) is 2.52. The number of hydrogen-bond acceptors (Lipinski definition) is 2. The highest BCUT2D eigenvalue weighted by molar-refractivity contribution is 6.33. The molecule has 0 saturated heterocycles. The predicted molar refractivity (Wildman–Crippen MR) is 85.3 cm³/mol. The molecule has 2 aromatic rings. The van der Waals surface area contributed by atoms with Gasteiger partial charge in [0.15, 0.2) is 0 Å². The van der Waals surface area contributed by atoms with Gasteiger partial charge in [0.25, 0.3) is 0 Å². The third-order valence-electron chi connectivity index (χ3n) is 3.39. The summed E-state index contributed by atoms with van der Waals surface area (Å²) < 4.78 is 0. The number of nitrogens with zero attached hydrogens (tertiary/aromatic N) is 1. The quantitative estimate of drug-likeness (QED) is 0.881. The zero-order valence-corrected chi connectivity index (χ0v) is 12.6. The maximum absolute atomic E-state index is 9.60. The molecule has 0 unspecified atom stereocenters. The van der Waals surface area contributed by atoms with E-state index in [0.29, 0.717) is 5.02 Å². The average Bonchev–Trinajstić information content (AvgIpc) is 2.46. The molecule has 0 aliphatic heterocycles. The minimum Gasteiger partial charge on any atom is -0.389 e. The molecule has 0 bridgehead atoms. The van der Waals surface area contributed by atoms with E-state index >= 15 is 0 Å². The van der Waals surface area contributed by atoms with E-state index < -0.39 is 6.10 Å². The van der Waals surface area contributed by atoms with Crippen LogP contribution in [-0.4, -0.2) is 11.7 Å². The van der Waals surface area contributed by atoms with Crippen molar-refractivity contribution in [2.45, 2.75) is 26.5 Å². The molecule has 1 atom stereocenters. The van der Waals surface area contributed by atoms with E-state index in [2.05, 4.69) is 24.0 Å². The minimum absolute atomic E-state index is 0.495. The van der Waals surface area contributed by atoms with Crippen LogP contribution in [0.15, 0.2) is 48.5 Å². The molecule has 0 spiro atoms. The Morgan fingerprint density at radius 1 is 1.15 bits per heavy atom. The number of hydrogen-bond donors (Lipinski definition) is 1. The Morgan fingerprint density at radius 3 is 2.40 bits per heavy atom. The second kappa shape index (κ2) is 6.78. The van der Waals surface area contributed by atoms with Gasteiger partial charge in [0.05, 0.1) is 16.8 Å². The zero-order valence-electron chi connectivity index (χ0n) is 11.9. The van der Waals surface area contributed by atoms with Crippen LogP contribution in [0, 0.1) is 0 Å². The van der Waals surface area contributed by atoms with Crippen molar-refractivity contribution in [2.75, 3.05) is 11.4 Å². The van der Waals surface area contributed by atoms with Gasteiger partial charge in [-0.2, -0.15) is 0 Å². The first-order chi connectivity index (χ1) is 9.61. The smallest absolute Gasteiger partial charge is 0.0762 e. The molecule has 106 valence electrons. The topological polar surface area (TPSA) is 23.5 Å². The van der Waals surface area contributed by atoms with Crippen molar-refractivity contribution in [3.8, 4) is 0 Å². The van der Waals surface area contributed by atoms with Gasteiger partial charge in [-0.25, -0.2) is 0 Å². The maximum atomic E-state index is 9.60. The van der Waals surface area contributed by atoms with Crippen molar-refractivity contribution in [2.24, 2.45) is 0 Å². The molecule has 0 aliphatic rings. The largest absolute Gasteiger partial charge is 0.389 e. The summed E-state index contributed by atoms with van der Waals surface area (Å²) in [6.07, 6.45) is -0.495. The van der Waals surface area contributed by atoms with Crippen molar-refractivity contribution in [1.82, 2.24) is 0 Å². The van der Waals surface area contributed by atoms with E-state index in [1.54, 1.807) is 6.92 Å². The van der Waals surface area contributed by atoms with E-state index in [4.69, 9.17) is 11.6 Å². The fourth-order valence-electron chi connectivity index (χ4n) is 2.21. The molecular formula is C17H20ClNO. The number of benzene rings is 2.